The number of aromatic nitrogens is 5. The van der Waals surface area contributed by atoms with Crippen LogP contribution >= 0.6 is 0 Å². The molecule has 19 heavy (non-hydrogen) atoms. The molecule has 0 radical (unpaired) electrons. The van der Waals surface area contributed by atoms with Crippen LogP contribution in [0.4, 0.5) is 0 Å². The maximum Gasteiger partial charge on any atom is 0.138 e. The Morgan fingerprint density at radius 1 is 1.37 bits per heavy atom. The molecule has 0 aliphatic rings. The summed E-state index contributed by atoms with van der Waals surface area (Å²) in [6, 6.07) is 0.211. The Labute approximate surface area is 113 Å². The lowest BCUT2D eigenvalue weighted by atomic mass is 10.0. The molecule has 6 nitrogen and oxygen atoms in total. The monoisotopic (exact) mass is 262 g/mol. The van der Waals surface area contributed by atoms with Crippen LogP contribution < -0.4 is 5.32 Å². The van der Waals surface area contributed by atoms with Crippen molar-refractivity contribution in [3.05, 3.63) is 29.1 Å². The van der Waals surface area contributed by atoms with E-state index >= 15 is 0 Å². The molecule has 0 bridgehead atoms. The van der Waals surface area contributed by atoms with Gasteiger partial charge in [0, 0.05) is 37.3 Å². The van der Waals surface area contributed by atoms with Gasteiger partial charge in [-0.2, -0.15) is 10.2 Å². The van der Waals surface area contributed by atoms with Crippen molar-refractivity contribution in [1.29, 1.82) is 0 Å². The smallest absolute Gasteiger partial charge is 0.138 e. The molecule has 0 amide bonds. The van der Waals surface area contributed by atoms with Gasteiger partial charge in [-0.3, -0.25) is 9.36 Å². The van der Waals surface area contributed by atoms with Gasteiger partial charge in [0.25, 0.3) is 0 Å². The maximum atomic E-state index is 4.49. The molecule has 0 saturated carbocycles. The largest absolute Gasteiger partial charge is 0.313 e. The first-order valence-electron chi connectivity index (χ1n) is 6.62. The molecule has 2 aromatic heterocycles. The quantitative estimate of drug-likeness (QED) is 0.878. The molecular weight excluding hydrogens is 240 g/mol. The van der Waals surface area contributed by atoms with Gasteiger partial charge in [-0.1, -0.05) is 0 Å². The summed E-state index contributed by atoms with van der Waals surface area (Å²) in [6.45, 7) is 7.07. The van der Waals surface area contributed by atoms with Crippen LogP contribution in [0.2, 0.25) is 0 Å². The van der Waals surface area contributed by atoms with Gasteiger partial charge in [0.05, 0.1) is 5.69 Å². The molecular formula is C13H22N6. The highest BCUT2D eigenvalue weighted by Crippen LogP contribution is 2.23. The van der Waals surface area contributed by atoms with Crippen LogP contribution in [0, 0.1) is 13.8 Å². The van der Waals surface area contributed by atoms with Crippen molar-refractivity contribution in [2.24, 2.45) is 7.05 Å². The molecule has 104 valence electrons. The van der Waals surface area contributed by atoms with Crippen molar-refractivity contribution in [2.75, 3.05) is 7.05 Å². The third-order valence-electron chi connectivity index (χ3n) is 3.64. The molecule has 1 unspecified atom stereocenters. The SMILES string of the molecule is CCn1ncnc1CC(NC)c1c(C)nn(C)c1C. The van der Waals surface area contributed by atoms with E-state index in [1.165, 1.54) is 11.3 Å². The number of likely N-dealkylation sites (N-methyl/N-ethyl adjacent to an activating group) is 1. The third kappa shape index (κ3) is 2.53. The lowest BCUT2D eigenvalue weighted by Crippen LogP contribution is -2.22. The number of hydrogen-bond acceptors (Lipinski definition) is 4. The van der Waals surface area contributed by atoms with Crippen LogP contribution in [-0.4, -0.2) is 31.6 Å². The Morgan fingerprint density at radius 3 is 2.63 bits per heavy atom. The minimum atomic E-state index is 0.211. The third-order valence-corrected chi connectivity index (χ3v) is 3.64. The van der Waals surface area contributed by atoms with Crippen LogP contribution in [0.25, 0.3) is 0 Å². The van der Waals surface area contributed by atoms with E-state index in [2.05, 4.69) is 41.3 Å². The minimum Gasteiger partial charge on any atom is -0.313 e. The number of rotatable bonds is 5. The molecule has 0 aliphatic carbocycles. The Bertz CT molecular complexity index is 553. The van der Waals surface area contributed by atoms with Crippen molar-refractivity contribution in [3.63, 3.8) is 0 Å². The second-order valence-electron chi connectivity index (χ2n) is 4.75. The number of nitrogens with one attached hydrogen (secondary N) is 1. The highest BCUT2D eigenvalue weighted by Gasteiger charge is 2.21. The van der Waals surface area contributed by atoms with Gasteiger partial charge < -0.3 is 5.32 Å². The highest BCUT2D eigenvalue weighted by atomic mass is 15.3. The molecule has 2 heterocycles. The van der Waals surface area contributed by atoms with E-state index in [0.29, 0.717) is 0 Å². The van der Waals surface area contributed by atoms with E-state index in [1.807, 2.05) is 23.5 Å². The Hall–Kier alpha value is -1.69. The summed E-state index contributed by atoms with van der Waals surface area (Å²) < 4.78 is 3.87. The predicted molar refractivity (Wildman–Crippen MR) is 73.9 cm³/mol. The van der Waals surface area contributed by atoms with Crippen LogP contribution in [0.3, 0.4) is 0 Å². The van der Waals surface area contributed by atoms with Crippen LogP contribution in [0.5, 0.6) is 0 Å². The maximum absolute atomic E-state index is 4.49. The fraction of sp³-hybridized carbons (Fsp3) is 0.615. The van der Waals surface area contributed by atoms with Gasteiger partial charge in [0.15, 0.2) is 0 Å². The second kappa shape index (κ2) is 5.52. The number of nitrogens with zero attached hydrogens (tertiary/aromatic N) is 5. The lowest BCUT2D eigenvalue weighted by Gasteiger charge is -2.17. The van der Waals surface area contributed by atoms with Gasteiger partial charge in [0.1, 0.15) is 12.2 Å². The van der Waals surface area contributed by atoms with Crippen molar-refractivity contribution in [1.82, 2.24) is 29.9 Å². The predicted octanol–water partition coefficient (Wildman–Crippen LogP) is 1.15. The molecule has 1 N–H and O–H groups in total. The van der Waals surface area contributed by atoms with Gasteiger partial charge in [-0.15, -0.1) is 0 Å². The molecule has 0 aliphatic heterocycles. The normalized spacial score (nSPS) is 12.9. The van der Waals surface area contributed by atoms with E-state index in [0.717, 1.165) is 24.5 Å². The summed E-state index contributed by atoms with van der Waals surface area (Å²) >= 11 is 0. The number of aryl methyl sites for hydroxylation is 3. The van der Waals surface area contributed by atoms with Crippen LogP contribution in [0.1, 0.15) is 35.7 Å². The van der Waals surface area contributed by atoms with Gasteiger partial charge in [-0.05, 0) is 27.8 Å². The van der Waals surface area contributed by atoms with Gasteiger partial charge in [-0.25, -0.2) is 4.98 Å². The lowest BCUT2D eigenvalue weighted by molar-refractivity contribution is 0.529. The van der Waals surface area contributed by atoms with Crippen LogP contribution in [0.15, 0.2) is 6.33 Å². The van der Waals surface area contributed by atoms with E-state index in [1.54, 1.807) is 6.33 Å². The second-order valence-corrected chi connectivity index (χ2v) is 4.75. The van der Waals surface area contributed by atoms with Gasteiger partial charge in [0.2, 0.25) is 0 Å². The van der Waals surface area contributed by atoms with E-state index < -0.39 is 0 Å². The van der Waals surface area contributed by atoms with Crippen molar-refractivity contribution < 1.29 is 0 Å². The summed E-state index contributed by atoms with van der Waals surface area (Å²) in [5, 5.41) is 12.1. The molecule has 2 aromatic rings. The zero-order valence-electron chi connectivity index (χ0n) is 12.3. The summed E-state index contributed by atoms with van der Waals surface area (Å²) in [4.78, 5) is 4.35. The first-order chi connectivity index (χ1) is 9.08. The zero-order chi connectivity index (χ0) is 14.0. The fourth-order valence-corrected chi connectivity index (χ4v) is 2.54. The molecule has 0 fully saturated rings. The van der Waals surface area contributed by atoms with Gasteiger partial charge >= 0.3 is 0 Å². The average molecular weight is 262 g/mol. The van der Waals surface area contributed by atoms with E-state index in [9.17, 15) is 0 Å². The first-order valence-corrected chi connectivity index (χ1v) is 6.62. The molecule has 0 aromatic carbocycles. The van der Waals surface area contributed by atoms with Crippen molar-refractivity contribution in [3.8, 4) is 0 Å². The summed E-state index contributed by atoms with van der Waals surface area (Å²) in [5.41, 5.74) is 3.52. The minimum absolute atomic E-state index is 0.211. The topological polar surface area (TPSA) is 60.6 Å². The van der Waals surface area contributed by atoms with E-state index in [4.69, 9.17) is 0 Å². The average Bonchev–Trinajstić information content (AvgIpc) is 2.93. The highest BCUT2D eigenvalue weighted by molar-refractivity contribution is 5.28. The fourth-order valence-electron chi connectivity index (χ4n) is 2.54. The first kappa shape index (κ1) is 13.7. The number of hydrogen-bond donors (Lipinski definition) is 1. The molecule has 0 spiro atoms. The molecule has 1 atom stereocenters. The van der Waals surface area contributed by atoms with E-state index in [-0.39, 0.29) is 6.04 Å². The zero-order valence-corrected chi connectivity index (χ0v) is 12.3. The summed E-state index contributed by atoms with van der Waals surface area (Å²) in [7, 11) is 3.95. The Balaban J connectivity index is 2.30. The molecule has 2 rings (SSSR count). The summed E-state index contributed by atoms with van der Waals surface area (Å²) in [5.74, 6) is 1.00. The van der Waals surface area contributed by atoms with Crippen molar-refractivity contribution >= 4 is 0 Å². The van der Waals surface area contributed by atoms with Crippen LogP contribution in [-0.2, 0) is 20.0 Å². The molecule has 0 saturated heterocycles. The molecule has 6 heteroatoms. The standard InChI is InChI=1S/C13H22N6/c1-6-19-12(15-8-16-19)7-11(14-4)13-9(2)17-18(5)10(13)3/h8,11,14H,6-7H2,1-5H3. The van der Waals surface area contributed by atoms with Crippen molar-refractivity contribution in [2.45, 2.75) is 39.8 Å². The Morgan fingerprint density at radius 2 is 2.11 bits per heavy atom. The summed E-state index contributed by atoms with van der Waals surface area (Å²) in [6.07, 6.45) is 2.44. The Kier molecular flexibility index (Phi) is 3.99.